The number of nitriles is 1. The molecule has 1 aliphatic carbocycles. The molecule has 1 heterocycles. The van der Waals surface area contributed by atoms with Gasteiger partial charge in [-0.1, -0.05) is 77.9 Å². The van der Waals surface area contributed by atoms with E-state index in [2.05, 4.69) is 84.9 Å². The first-order valence-electron chi connectivity index (χ1n) is 12.6. The zero-order chi connectivity index (χ0) is 26.0. The Balaban J connectivity index is 1.62. The van der Waals surface area contributed by atoms with Crippen LogP contribution in [0.3, 0.4) is 0 Å². The molecule has 2 aliphatic rings. The third kappa shape index (κ3) is 3.51. The molecule has 0 aromatic heterocycles. The van der Waals surface area contributed by atoms with Crippen molar-refractivity contribution in [3.8, 4) is 17.2 Å². The van der Waals surface area contributed by atoms with E-state index in [1.807, 2.05) is 19.9 Å². The van der Waals surface area contributed by atoms with Crippen LogP contribution in [-0.4, -0.2) is 23.8 Å². The lowest BCUT2D eigenvalue weighted by atomic mass is 9.66. The zero-order valence-corrected chi connectivity index (χ0v) is 22.3. The van der Waals surface area contributed by atoms with Gasteiger partial charge in [-0.05, 0) is 85.3 Å². The molecule has 1 spiro atoms. The summed E-state index contributed by atoms with van der Waals surface area (Å²) in [6.07, 6.45) is 0. The van der Waals surface area contributed by atoms with Crippen molar-refractivity contribution in [3.05, 3.63) is 113 Å². The summed E-state index contributed by atoms with van der Waals surface area (Å²) < 4.78 is 6.27. The first kappa shape index (κ1) is 24.1. The molecule has 6 rings (SSSR count). The summed E-state index contributed by atoms with van der Waals surface area (Å²) in [5.41, 5.74) is 6.67. The van der Waals surface area contributed by atoms with Crippen molar-refractivity contribution in [2.75, 3.05) is 0 Å². The van der Waals surface area contributed by atoms with Gasteiger partial charge in [-0.2, -0.15) is 5.26 Å². The van der Waals surface area contributed by atoms with Gasteiger partial charge in [0.15, 0.2) is 0 Å². The third-order valence-electron chi connectivity index (χ3n) is 8.21. The highest BCUT2D eigenvalue weighted by atomic mass is 32.2. The van der Waals surface area contributed by atoms with Crippen molar-refractivity contribution in [2.24, 2.45) is 0 Å². The number of nitrogens with zero attached hydrogens (tertiary/aromatic N) is 1. The number of hydrogen-bond acceptors (Lipinski definition) is 4. The summed E-state index contributed by atoms with van der Waals surface area (Å²) in [6, 6.07) is 32.3. The molecule has 182 valence electrons. The van der Waals surface area contributed by atoms with Crippen LogP contribution in [0.2, 0.25) is 0 Å². The van der Waals surface area contributed by atoms with Gasteiger partial charge in [0, 0.05) is 9.79 Å². The Hall–Kier alpha value is -3.30. The van der Waals surface area contributed by atoms with Gasteiger partial charge in [0.25, 0.3) is 0 Å². The quantitative estimate of drug-likeness (QED) is 0.305. The standard InChI is InChI=1S/C32H28BNO2S/c1-30(2,35)31(3,4)36-33-21-14-16-23-22-15-13-20(19-34)17-26(22)32(27(23)18-21)24-9-5-7-11-28(24)37-29-12-8-6-10-25(29)32/h5-18,33,35H,1-4H3. The monoisotopic (exact) mass is 501 g/mol. The fourth-order valence-electron chi connectivity index (χ4n) is 5.55. The number of fused-ring (bicyclic) bond motifs is 9. The van der Waals surface area contributed by atoms with Crippen LogP contribution in [0, 0.1) is 11.3 Å². The SMILES string of the molecule is CC(C)(O)C(C)(C)OBc1ccc2c(c1)C1(c3ccccc3Sc3ccccc31)c1cc(C#N)ccc1-2. The maximum Gasteiger partial charge on any atom is 0.309 e. The summed E-state index contributed by atoms with van der Waals surface area (Å²) in [5.74, 6) is 0. The number of benzene rings is 4. The molecule has 1 aliphatic heterocycles. The van der Waals surface area contributed by atoms with Crippen LogP contribution in [0.1, 0.15) is 55.5 Å². The molecule has 0 saturated carbocycles. The van der Waals surface area contributed by atoms with Gasteiger partial charge >= 0.3 is 7.48 Å². The van der Waals surface area contributed by atoms with Crippen molar-refractivity contribution in [1.82, 2.24) is 0 Å². The highest BCUT2D eigenvalue weighted by Gasteiger charge is 2.50. The minimum atomic E-state index is -0.979. The van der Waals surface area contributed by atoms with Gasteiger partial charge in [0.05, 0.1) is 28.2 Å². The Morgan fingerprint density at radius 2 is 1.35 bits per heavy atom. The predicted molar refractivity (Wildman–Crippen MR) is 151 cm³/mol. The van der Waals surface area contributed by atoms with E-state index in [0.29, 0.717) is 13.0 Å². The maximum absolute atomic E-state index is 10.6. The second-order valence-corrected chi connectivity index (χ2v) is 12.0. The van der Waals surface area contributed by atoms with E-state index in [9.17, 15) is 10.4 Å². The zero-order valence-electron chi connectivity index (χ0n) is 21.5. The molecule has 0 unspecified atom stereocenters. The van der Waals surface area contributed by atoms with Crippen LogP contribution in [0.4, 0.5) is 0 Å². The summed E-state index contributed by atoms with van der Waals surface area (Å²) in [6.45, 7) is 7.40. The Bertz CT molecular complexity index is 1550. The van der Waals surface area contributed by atoms with E-state index >= 15 is 0 Å². The van der Waals surface area contributed by atoms with E-state index in [1.165, 1.54) is 32.0 Å². The van der Waals surface area contributed by atoms with E-state index in [0.717, 1.165) is 16.6 Å². The van der Waals surface area contributed by atoms with Gasteiger partial charge in [-0.25, -0.2) is 0 Å². The van der Waals surface area contributed by atoms with Crippen LogP contribution in [0.5, 0.6) is 0 Å². The average Bonchev–Trinajstić information content (AvgIpc) is 3.16. The Morgan fingerprint density at radius 1 is 0.784 bits per heavy atom. The van der Waals surface area contributed by atoms with Gasteiger partial charge in [-0.15, -0.1) is 0 Å². The molecule has 0 saturated heterocycles. The van der Waals surface area contributed by atoms with Crippen LogP contribution in [0.15, 0.2) is 94.7 Å². The summed E-state index contributed by atoms with van der Waals surface area (Å²) in [7, 11) is 0.387. The second kappa shape index (κ2) is 8.36. The lowest BCUT2D eigenvalue weighted by Crippen LogP contribution is -2.49. The average molecular weight is 501 g/mol. The van der Waals surface area contributed by atoms with E-state index < -0.39 is 16.6 Å². The minimum absolute atomic E-state index is 0.387. The Kier molecular flexibility index (Phi) is 5.44. The summed E-state index contributed by atoms with van der Waals surface area (Å²) in [5, 5.41) is 20.4. The fourth-order valence-corrected chi connectivity index (χ4v) is 6.74. The van der Waals surface area contributed by atoms with Gasteiger partial charge in [0.1, 0.15) is 0 Å². The van der Waals surface area contributed by atoms with E-state index in [-0.39, 0.29) is 0 Å². The molecule has 4 aromatic rings. The van der Waals surface area contributed by atoms with Crippen LogP contribution in [0.25, 0.3) is 11.1 Å². The lowest BCUT2D eigenvalue weighted by molar-refractivity contribution is -0.0893. The van der Waals surface area contributed by atoms with Crippen molar-refractivity contribution >= 4 is 24.7 Å². The smallest absolute Gasteiger partial charge is 0.309 e. The minimum Gasteiger partial charge on any atom is -0.427 e. The van der Waals surface area contributed by atoms with Crippen molar-refractivity contribution in [2.45, 2.75) is 54.1 Å². The van der Waals surface area contributed by atoms with Crippen molar-refractivity contribution in [1.29, 1.82) is 5.26 Å². The molecule has 1 N–H and O–H groups in total. The molecule has 37 heavy (non-hydrogen) atoms. The van der Waals surface area contributed by atoms with Crippen LogP contribution in [-0.2, 0) is 10.1 Å². The molecule has 0 atom stereocenters. The third-order valence-corrected chi connectivity index (χ3v) is 9.36. The van der Waals surface area contributed by atoms with Crippen LogP contribution >= 0.6 is 11.8 Å². The largest absolute Gasteiger partial charge is 0.427 e. The molecule has 3 nitrogen and oxygen atoms in total. The fraction of sp³-hybridized carbons (Fsp3) is 0.219. The Labute approximate surface area is 223 Å². The van der Waals surface area contributed by atoms with Crippen molar-refractivity contribution < 1.29 is 9.76 Å². The van der Waals surface area contributed by atoms with Crippen LogP contribution < -0.4 is 5.46 Å². The van der Waals surface area contributed by atoms with Gasteiger partial charge < -0.3 is 9.76 Å². The highest BCUT2D eigenvalue weighted by molar-refractivity contribution is 7.99. The van der Waals surface area contributed by atoms with E-state index in [4.69, 9.17) is 4.65 Å². The molecular weight excluding hydrogens is 473 g/mol. The number of aliphatic hydroxyl groups is 1. The molecule has 5 heteroatoms. The lowest BCUT2D eigenvalue weighted by Gasteiger charge is -2.40. The molecule has 0 radical (unpaired) electrons. The molecule has 0 fully saturated rings. The molecular formula is C32H28BNO2S. The molecule has 0 bridgehead atoms. The maximum atomic E-state index is 10.6. The first-order valence-corrected chi connectivity index (χ1v) is 13.4. The summed E-state index contributed by atoms with van der Waals surface area (Å²) in [4.78, 5) is 2.46. The molecule has 4 aromatic carbocycles. The predicted octanol–water partition coefficient (Wildman–Crippen LogP) is 5.93. The van der Waals surface area contributed by atoms with Gasteiger partial charge in [-0.3, -0.25) is 0 Å². The topological polar surface area (TPSA) is 53.2 Å². The number of rotatable bonds is 4. The number of hydrogen-bond donors (Lipinski definition) is 1. The first-order chi connectivity index (χ1) is 17.7. The molecule has 0 amide bonds. The van der Waals surface area contributed by atoms with E-state index in [1.54, 1.807) is 25.6 Å². The Morgan fingerprint density at radius 3 is 1.95 bits per heavy atom. The highest BCUT2D eigenvalue weighted by Crippen LogP contribution is 2.61. The summed E-state index contributed by atoms with van der Waals surface area (Å²) >= 11 is 1.81. The van der Waals surface area contributed by atoms with Crippen molar-refractivity contribution in [3.63, 3.8) is 0 Å². The van der Waals surface area contributed by atoms with Gasteiger partial charge in [0.2, 0.25) is 0 Å². The second-order valence-electron chi connectivity index (χ2n) is 11.0. The normalized spacial score (nSPS) is 14.8.